The number of aryl methyl sites for hydroxylation is 1. The fourth-order valence-corrected chi connectivity index (χ4v) is 1.38. The Morgan fingerprint density at radius 3 is 2.69 bits per heavy atom. The summed E-state index contributed by atoms with van der Waals surface area (Å²) in [6, 6.07) is 8.31. The quantitative estimate of drug-likeness (QED) is 0.738. The minimum atomic E-state index is 0.0856. The van der Waals surface area contributed by atoms with Crippen molar-refractivity contribution in [3.8, 4) is 0 Å². The van der Waals surface area contributed by atoms with Gasteiger partial charge >= 0.3 is 0 Å². The Morgan fingerprint density at radius 2 is 2.08 bits per heavy atom. The minimum absolute atomic E-state index is 0.0856. The predicted molar refractivity (Wildman–Crippen MR) is 55.8 cm³/mol. The number of rotatable bonds is 3. The third-order valence-corrected chi connectivity index (χ3v) is 2.67. The van der Waals surface area contributed by atoms with Gasteiger partial charge in [-0.3, -0.25) is 0 Å². The van der Waals surface area contributed by atoms with E-state index in [1.165, 1.54) is 11.3 Å². The van der Waals surface area contributed by atoms with E-state index in [0.29, 0.717) is 0 Å². The monoisotopic (exact) mass is 176 g/mol. The zero-order valence-corrected chi connectivity index (χ0v) is 8.01. The third kappa shape index (κ3) is 2.01. The number of nitrogens with one attached hydrogen (secondary N) is 1. The second kappa shape index (κ2) is 3.04. The highest BCUT2D eigenvalue weighted by atomic mass is 15.0. The first-order valence-electron chi connectivity index (χ1n) is 4.78. The molecule has 0 radical (unpaired) electrons. The minimum Gasteiger partial charge on any atom is -0.383 e. The molecule has 1 aromatic carbocycles. The molecule has 1 aliphatic rings. The smallest absolute Gasteiger partial charge is 0.0370 e. The van der Waals surface area contributed by atoms with Crippen LogP contribution in [0, 0.1) is 6.92 Å². The highest BCUT2D eigenvalue weighted by Crippen LogP contribution is 2.32. The zero-order valence-electron chi connectivity index (χ0n) is 8.01. The molecule has 0 heterocycles. The maximum absolute atomic E-state index is 5.98. The van der Waals surface area contributed by atoms with Crippen molar-refractivity contribution < 1.29 is 0 Å². The summed E-state index contributed by atoms with van der Waals surface area (Å²) in [4.78, 5) is 0. The Kier molecular flexibility index (Phi) is 2.00. The molecule has 0 spiro atoms. The average Bonchev–Trinajstić information content (AvgIpc) is 2.83. The molecule has 3 N–H and O–H groups in total. The van der Waals surface area contributed by atoms with E-state index >= 15 is 0 Å². The van der Waals surface area contributed by atoms with Gasteiger partial charge in [-0.05, 0) is 31.4 Å². The lowest BCUT2D eigenvalue weighted by molar-refractivity contribution is 0.713. The molecule has 70 valence electrons. The van der Waals surface area contributed by atoms with Crippen molar-refractivity contribution >= 4 is 5.69 Å². The van der Waals surface area contributed by atoms with Crippen LogP contribution in [0.3, 0.4) is 0 Å². The fraction of sp³-hybridized carbons (Fsp3) is 0.455. The van der Waals surface area contributed by atoms with Gasteiger partial charge in [-0.15, -0.1) is 0 Å². The number of hydrogen-bond donors (Lipinski definition) is 2. The van der Waals surface area contributed by atoms with E-state index in [-0.39, 0.29) is 5.54 Å². The standard InChI is InChI=1S/C11H16N2/c1-9-4-2-3-5-10(9)13-8-11(12)6-7-11/h2-5,13H,6-8,12H2,1H3. The molecular weight excluding hydrogens is 160 g/mol. The third-order valence-electron chi connectivity index (χ3n) is 2.67. The Balaban J connectivity index is 1.97. The zero-order chi connectivity index (χ0) is 9.31. The first-order chi connectivity index (χ1) is 6.20. The molecule has 0 aliphatic heterocycles. The SMILES string of the molecule is Cc1ccccc1NCC1(N)CC1. The summed E-state index contributed by atoms with van der Waals surface area (Å²) in [5.41, 5.74) is 8.56. The van der Waals surface area contributed by atoms with E-state index in [2.05, 4.69) is 30.4 Å². The second-order valence-electron chi connectivity index (χ2n) is 4.03. The lowest BCUT2D eigenvalue weighted by Crippen LogP contribution is -2.31. The lowest BCUT2D eigenvalue weighted by atomic mass is 10.2. The normalized spacial score (nSPS) is 18.3. The number of benzene rings is 1. The summed E-state index contributed by atoms with van der Waals surface area (Å²) in [5, 5.41) is 3.39. The van der Waals surface area contributed by atoms with Crippen LogP contribution in [0.2, 0.25) is 0 Å². The number of hydrogen-bond acceptors (Lipinski definition) is 2. The van der Waals surface area contributed by atoms with Crippen LogP contribution in [0.4, 0.5) is 5.69 Å². The van der Waals surface area contributed by atoms with Crippen LogP contribution in [0.5, 0.6) is 0 Å². The molecular formula is C11H16N2. The Hall–Kier alpha value is -1.02. The second-order valence-corrected chi connectivity index (χ2v) is 4.03. The first-order valence-corrected chi connectivity index (χ1v) is 4.78. The van der Waals surface area contributed by atoms with E-state index in [0.717, 1.165) is 19.4 Å². The number of anilines is 1. The summed E-state index contributed by atoms with van der Waals surface area (Å²) in [6.45, 7) is 3.01. The van der Waals surface area contributed by atoms with Crippen molar-refractivity contribution in [3.05, 3.63) is 29.8 Å². The molecule has 13 heavy (non-hydrogen) atoms. The van der Waals surface area contributed by atoms with E-state index in [1.807, 2.05) is 6.07 Å². The topological polar surface area (TPSA) is 38.0 Å². The lowest BCUT2D eigenvalue weighted by Gasteiger charge is -2.13. The van der Waals surface area contributed by atoms with Gasteiger partial charge in [0.05, 0.1) is 0 Å². The van der Waals surface area contributed by atoms with Crippen LogP contribution in [-0.2, 0) is 0 Å². The molecule has 1 aromatic rings. The van der Waals surface area contributed by atoms with Crippen molar-refractivity contribution in [2.45, 2.75) is 25.3 Å². The summed E-state index contributed by atoms with van der Waals surface area (Å²) in [7, 11) is 0. The van der Waals surface area contributed by atoms with Crippen molar-refractivity contribution in [1.82, 2.24) is 0 Å². The van der Waals surface area contributed by atoms with Gasteiger partial charge in [0, 0.05) is 17.8 Å². The van der Waals surface area contributed by atoms with Crippen molar-refractivity contribution in [2.24, 2.45) is 5.73 Å². The van der Waals surface area contributed by atoms with Crippen LogP contribution in [0.1, 0.15) is 18.4 Å². The van der Waals surface area contributed by atoms with Gasteiger partial charge in [0.1, 0.15) is 0 Å². The van der Waals surface area contributed by atoms with Crippen molar-refractivity contribution in [1.29, 1.82) is 0 Å². The summed E-state index contributed by atoms with van der Waals surface area (Å²) < 4.78 is 0. The summed E-state index contributed by atoms with van der Waals surface area (Å²) in [6.07, 6.45) is 2.32. The van der Waals surface area contributed by atoms with E-state index in [9.17, 15) is 0 Å². The molecule has 0 saturated heterocycles. The van der Waals surface area contributed by atoms with Crippen LogP contribution in [0.25, 0.3) is 0 Å². The number of para-hydroxylation sites is 1. The van der Waals surface area contributed by atoms with Gasteiger partial charge < -0.3 is 11.1 Å². The Labute approximate surface area is 79.1 Å². The average molecular weight is 176 g/mol. The molecule has 0 aromatic heterocycles. The molecule has 2 rings (SSSR count). The van der Waals surface area contributed by atoms with Crippen LogP contribution < -0.4 is 11.1 Å². The van der Waals surface area contributed by atoms with E-state index < -0.39 is 0 Å². The number of nitrogens with two attached hydrogens (primary N) is 1. The molecule has 1 aliphatic carbocycles. The van der Waals surface area contributed by atoms with Gasteiger partial charge in [-0.25, -0.2) is 0 Å². The molecule has 1 fully saturated rings. The molecule has 1 saturated carbocycles. The molecule has 0 amide bonds. The fourth-order valence-electron chi connectivity index (χ4n) is 1.38. The van der Waals surface area contributed by atoms with Gasteiger partial charge in [-0.2, -0.15) is 0 Å². The maximum Gasteiger partial charge on any atom is 0.0370 e. The Morgan fingerprint density at radius 1 is 1.38 bits per heavy atom. The molecule has 0 atom stereocenters. The van der Waals surface area contributed by atoms with Gasteiger partial charge in [0.2, 0.25) is 0 Å². The van der Waals surface area contributed by atoms with Crippen LogP contribution in [0.15, 0.2) is 24.3 Å². The van der Waals surface area contributed by atoms with Gasteiger partial charge in [0.25, 0.3) is 0 Å². The molecule has 2 heteroatoms. The highest BCUT2D eigenvalue weighted by molar-refractivity contribution is 5.50. The first kappa shape index (κ1) is 8.57. The Bertz CT molecular complexity index is 303. The molecule has 0 bridgehead atoms. The molecule has 0 unspecified atom stereocenters. The van der Waals surface area contributed by atoms with Crippen molar-refractivity contribution in [3.63, 3.8) is 0 Å². The van der Waals surface area contributed by atoms with Gasteiger partial charge in [-0.1, -0.05) is 18.2 Å². The van der Waals surface area contributed by atoms with Gasteiger partial charge in [0.15, 0.2) is 0 Å². The van der Waals surface area contributed by atoms with E-state index in [1.54, 1.807) is 0 Å². The largest absolute Gasteiger partial charge is 0.383 e. The summed E-state index contributed by atoms with van der Waals surface area (Å²) >= 11 is 0. The van der Waals surface area contributed by atoms with Crippen LogP contribution >= 0.6 is 0 Å². The van der Waals surface area contributed by atoms with E-state index in [4.69, 9.17) is 5.73 Å². The molecule has 2 nitrogen and oxygen atoms in total. The van der Waals surface area contributed by atoms with Crippen molar-refractivity contribution in [2.75, 3.05) is 11.9 Å². The maximum atomic E-state index is 5.98. The summed E-state index contributed by atoms with van der Waals surface area (Å²) in [5.74, 6) is 0. The van der Waals surface area contributed by atoms with Crippen LogP contribution in [-0.4, -0.2) is 12.1 Å². The highest BCUT2D eigenvalue weighted by Gasteiger charge is 2.37. The predicted octanol–water partition coefficient (Wildman–Crippen LogP) is 1.90.